The minimum atomic E-state index is -0.796. The van der Waals surface area contributed by atoms with Crippen molar-refractivity contribution in [3.63, 3.8) is 0 Å². The zero-order chi connectivity index (χ0) is 21.3. The Hall–Kier alpha value is -2.66. The minimum Gasteiger partial charge on any atom is -0.459 e. The van der Waals surface area contributed by atoms with E-state index in [0.29, 0.717) is 12.5 Å². The molecule has 1 unspecified atom stereocenters. The Bertz CT molecular complexity index is 802. The molecule has 1 fully saturated rings. The number of benzene rings is 2. The van der Waals surface area contributed by atoms with Gasteiger partial charge in [-0.3, -0.25) is 9.69 Å². The third-order valence-corrected chi connectivity index (χ3v) is 5.85. The second kappa shape index (κ2) is 10.9. The number of hydrogen-bond donors (Lipinski definition) is 0. The summed E-state index contributed by atoms with van der Waals surface area (Å²) in [5.74, 6) is -0.703. The van der Waals surface area contributed by atoms with Crippen LogP contribution >= 0.6 is 0 Å². The van der Waals surface area contributed by atoms with Crippen LogP contribution in [0.1, 0.15) is 32.3 Å². The van der Waals surface area contributed by atoms with Gasteiger partial charge in [-0.2, -0.15) is 0 Å². The highest BCUT2D eigenvalue weighted by atomic mass is 16.5. The molecule has 0 bridgehead atoms. The summed E-state index contributed by atoms with van der Waals surface area (Å²) in [6.45, 7) is 6.51. The normalized spacial score (nSPS) is 16.1. The van der Waals surface area contributed by atoms with Crippen molar-refractivity contribution < 1.29 is 14.3 Å². The standard InChI is InChI=1S/C25H32N2O3/c1-3-30-25(29)24(28)27(23-12-8-5-9-13-23)19-20(2)26-16-14-22(15-17-26)18-21-10-6-4-7-11-21/h4-13,20,22H,3,14-19H2,1-2H3. The highest BCUT2D eigenvalue weighted by Gasteiger charge is 2.29. The summed E-state index contributed by atoms with van der Waals surface area (Å²) in [6, 6.07) is 20.2. The van der Waals surface area contributed by atoms with E-state index < -0.39 is 11.9 Å². The second-order valence-corrected chi connectivity index (χ2v) is 7.99. The zero-order valence-electron chi connectivity index (χ0n) is 18.0. The number of esters is 1. The van der Waals surface area contributed by atoms with E-state index in [1.54, 1.807) is 11.8 Å². The number of ether oxygens (including phenoxy) is 1. The van der Waals surface area contributed by atoms with Gasteiger partial charge in [-0.05, 0) is 69.8 Å². The quantitative estimate of drug-likeness (QED) is 0.515. The molecular formula is C25H32N2O3. The Morgan fingerprint density at radius 2 is 1.63 bits per heavy atom. The number of carbonyl (C=O) groups excluding carboxylic acids is 2. The van der Waals surface area contributed by atoms with Crippen molar-refractivity contribution in [3.05, 3.63) is 66.2 Å². The van der Waals surface area contributed by atoms with Gasteiger partial charge in [0.15, 0.2) is 0 Å². The summed E-state index contributed by atoms with van der Waals surface area (Å²) in [7, 11) is 0. The van der Waals surface area contributed by atoms with Crippen molar-refractivity contribution in [2.75, 3.05) is 31.1 Å². The molecule has 0 radical (unpaired) electrons. The number of rotatable bonds is 7. The summed E-state index contributed by atoms with van der Waals surface area (Å²) in [6.07, 6.45) is 3.42. The molecule has 30 heavy (non-hydrogen) atoms. The predicted octanol–water partition coefficient (Wildman–Crippen LogP) is 3.93. The van der Waals surface area contributed by atoms with Crippen molar-refractivity contribution in [2.45, 2.75) is 39.2 Å². The van der Waals surface area contributed by atoms with Crippen LogP contribution in [0.2, 0.25) is 0 Å². The first-order chi connectivity index (χ1) is 14.6. The summed E-state index contributed by atoms with van der Waals surface area (Å²) in [5, 5.41) is 0. The number of piperidine rings is 1. The number of para-hydroxylation sites is 1. The average Bonchev–Trinajstić information content (AvgIpc) is 2.79. The average molecular weight is 409 g/mol. The maximum Gasteiger partial charge on any atom is 0.397 e. The fourth-order valence-corrected chi connectivity index (χ4v) is 4.14. The second-order valence-electron chi connectivity index (χ2n) is 7.99. The smallest absolute Gasteiger partial charge is 0.397 e. The molecule has 2 aromatic carbocycles. The van der Waals surface area contributed by atoms with Crippen molar-refractivity contribution in [3.8, 4) is 0 Å². The van der Waals surface area contributed by atoms with E-state index in [1.807, 2.05) is 30.3 Å². The lowest BCUT2D eigenvalue weighted by Crippen LogP contribution is -2.49. The van der Waals surface area contributed by atoms with Gasteiger partial charge in [0.05, 0.1) is 6.61 Å². The van der Waals surface area contributed by atoms with E-state index in [1.165, 1.54) is 5.56 Å². The Morgan fingerprint density at radius 1 is 1.03 bits per heavy atom. The number of carbonyl (C=O) groups is 2. The SMILES string of the molecule is CCOC(=O)C(=O)N(CC(C)N1CCC(Cc2ccccc2)CC1)c1ccccc1. The lowest BCUT2D eigenvalue weighted by atomic mass is 9.89. The summed E-state index contributed by atoms with van der Waals surface area (Å²) in [4.78, 5) is 28.8. The number of nitrogens with zero attached hydrogens (tertiary/aromatic N) is 2. The van der Waals surface area contributed by atoms with Crippen LogP contribution in [0.25, 0.3) is 0 Å². The number of hydrogen-bond acceptors (Lipinski definition) is 4. The molecule has 0 aliphatic carbocycles. The Labute approximate surface area is 179 Å². The minimum absolute atomic E-state index is 0.154. The lowest BCUT2D eigenvalue weighted by Gasteiger charge is -2.38. The lowest BCUT2D eigenvalue weighted by molar-refractivity contribution is -0.153. The molecule has 160 valence electrons. The largest absolute Gasteiger partial charge is 0.459 e. The molecule has 0 spiro atoms. The molecule has 1 aliphatic heterocycles. The highest BCUT2D eigenvalue weighted by molar-refractivity contribution is 6.38. The van der Waals surface area contributed by atoms with E-state index in [0.717, 1.165) is 38.0 Å². The van der Waals surface area contributed by atoms with Crippen LogP contribution in [0.4, 0.5) is 5.69 Å². The van der Waals surface area contributed by atoms with E-state index >= 15 is 0 Å². The first-order valence-corrected chi connectivity index (χ1v) is 10.9. The van der Waals surface area contributed by atoms with E-state index in [9.17, 15) is 9.59 Å². The summed E-state index contributed by atoms with van der Waals surface area (Å²) < 4.78 is 4.96. The number of amides is 1. The highest BCUT2D eigenvalue weighted by Crippen LogP contribution is 2.24. The molecule has 2 aromatic rings. The van der Waals surface area contributed by atoms with Crippen molar-refractivity contribution >= 4 is 17.6 Å². The molecule has 3 rings (SSSR count). The monoisotopic (exact) mass is 408 g/mol. The van der Waals surface area contributed by atoms with Crippen LogP contribution in [0, 0.1) is 5.92 Å². The van der Waals surface area contributed by atoms with Crippen LogP contribution in [-0.4, -0.2) is 49.1 Å². The molecule has 5 heteroatoms. The molecule has 5 nitrogen and oxygen atoms in total. The van der Waals surface area contributed by atoms with Gasteiger partial charge in [0.2, 0.25) is 0 Å². The van der Waals surface area contributed by atoms with E-state index in [-0.39, 0.29) is 12.6 Å². The third kappa shape index (κ3) is 5.92. The maximum absolute atomic E-state index is 12.7. The number of likely N-dealkylation sites (tertiary alicyclic amines) is 1. The predicted molar refractivity (Wildman–Crippen MR) is 119 cm³/mol. The van der Waals surface area contributed by atoms with Gasteiger partial charge in [0.25, 0.3) is 0 Å². The molecule has 1 aliphatic rings. The van der Waals surface area contributed by atoms with Gasteiger partial charge in [-0.15, -0.1) is 0 Å². The summed E-state index contributed by atoms with van der Waals surface area (Å²) in [5.41, 5.74) is 2.13. The summed E-state index contributed by atoms with van der Waals surface area (Å²) >= 11 is 0. The van der Waals surface area contributed by atoms with Gasteiger partial charge in [-0.25, -0.2) is 4.79 Å². The van der Waals surface area contributed by atoms with Gasteiger partial charge < -0.3 is 9.64 Å². The Kier molecular flexibility index (Phi) is 8.03. The van der Waals surface area contributed by atoms with Crippen molar-refractivity contribution in [1.82, 2.24) is 4.90 Å². The molecular weight excluding hydrogens is 376 g/mol. The molecule has 1 amide bonds. The molecule has 1 saturated heterocycles. The molecule has 0 aromatic heterocycles. The maximum atomic E-state index is 12.7. The van der Waals surface area contributed by atoms with Gasteiger partial charge >= 0.3 is 11.9 Å². The Balaban J connectivity index is 1.60. The Morgan fingerprint density at radius 3 is 2.23 bits per heavy atom. The fraction of sp³-hybridized carbons (Fsp3) is 0.440. The third-order valence-electron chi connectivity index (χ3n) is 5.85. The van der Waals surface area contributed by atoms with Crippen molar-refractivity contribution in [2.24, 2.45) is 5.92 Å². The first kappa shape index (κ1) is 22.0. The topological polar surface area (TPSA) is 49.9 Å². The van der Waals surface area contributed by atoms with E-state index in [2.05, 4.69) is 42.2 Å². The fourth-order valence-electron chi connectivity index (χ4n) is 4.14. The van der Waals surface area contributed by atoms with Crippen LogP contribution in [0.3, 0.4) is 0 Å². The first-order valence-electron chi connectivity index (χ1n) is 10.9. The molecule has 1 heterocycles. The molecule has 0 N–H and O–H groups in total. The van der Waals surface area contributed by atoms with E-state index in [4.69, 9.17) is 4.74 Å². The molecule has 0 saturated carbocycles. The zero-order valence-corrected chi connectivity index (χ0v) is 18.0. The van der Waals surface area contributed by atoms with Crippen LogP contribution in [0.15, 0.2) is 60.7 Å². The van der Waals surface area contributed by atoms with Crippen molar-refractivity contribution in [1.29, 1.82) is 0 Å². The van der Waals surface area contributed by atoms with Crippen LogP contribution in [-0.2, 0) is 20.7 Å². The van der Waals surface area contributed by atoms with Gasteiger partial charge in [0.1, 0.15) is 0 Å². The van der Waals surface area contributed by atoms with Gasteiger partial charge in [0, 0.05) is 18.3 Å². The van der Waals surface area contributed by atoms with Crippen LogP contribution in [0.5, 0.6) is 0 Å². The number of anilines is 1. The van der Waals surface area contributed by atoms with Gasteiger partial charge in [-0.1, -0.05) is 48.5 Å². The van der Waals surface area contributed by atoms with Crippen LogP contribution < -0.4 is 4.90 Å². The molecule has 1 atom stereocenters.